The average Bonchev–Trinajstić information content (AvgIpc) is 2.89. The molecule has 2 N–H and O–H groups in total. The van der Waals surface area contributed by atoms with Crippen LogP contribution in [0.2, 0.25) is 5.02 Å². The van der Waals surface area contributed by atoms with Crippen LogP contribution in [0.15, 0.2) is 54.6 Å². The van der Waals surface area contributed by atoms with Gasteiger partial charge in [0.2, 0.25) is 0 Å². The molecule has 0 aliphatic heterocycles. The van der Waals surface area contributed by atoms with E-state index in [4.69, 9.17) is 22.1 Å². The third-order valence-electron chi connectivity index (χ3n) is 3.20. The lowest BCUT2D eigenvalue weighted by molar-refractivity contribution is 0.416. The van der Waals surface area contributed by atoms with Crippen LogP contribution in [0, 0.1) is 0 Å². The lowest BCUT2D eigenvalue weighted by Gasteiger charge is -2.06. The Labute approximate surface area is 127 Å². The van der Waals surface area contributed by atoms with Gasteiger partial charge in [-0.2, -0.15) is 5.10 Å². The molecule has 1 aromatic heterocycles. The van der Waals surface area contributed by atoms with Crippen LogP contribution < -0.4 is 10.5 Å². The number of ether oxygens (including phenoxy) is 1. The summed E-state index contributed by atoms with van der Waals surface area (Å²) < 4.78 is 6.99. The van der Waals surface area contributed by atoms with Crippen molar-refractivity contribution in [1.29, 1.82) is 0 Å². The lowest BCUT2D eigenvalue weighted by Crippen LogP contribution is -2.02. The molecular weight excluding hydrogens is 286 g/mol. The van der Waals surface area contributed by atoms with Crippen molar-refractivity contribution in [3.63, 3.8) is 0 Å². The number of aromatic nitrogens is 2. The van der Waals surface area contributed by atoms with Crippen LogP contribution in [0.4, 0.5) is 5.82 Å². The smallest absolute Gasteiger partial charge is 0.128 e. The molecule has 4 nitrogen and oxygen atoms in total. The summed E-state index contributed by atoms with van der Waals surface area (Å²) in [5.41, 5.74) is 8.45. The molecule has 0 aliphatic rings. The van der Waals surface area contributed by atoms with Crippen molar-refractivity contribution in [2.45, 2.75) is 0 Å². The highest BCUT2D eigenvalue weighted by molar-refractivity contribution is 6.32. The molecule has 0 unspecified atom stereocenters. The van der Waals surface area contributed by atoms with E-state index in [0.717, 1.165) is 22.7 Å². The van der Waals surface area contributed by atoms with Crippen LogP contribution >= 0.6 is 11.6 Å². The number of benzene rings is 2. The summed E-state index contributed by atoms with van der Waals surface area (Å²) in [6, 6.07) is 16.9. The lowest BCUT2D eigenvalue weighted by atomic mass is 10.1. The minimum atomic E-state index is 0.518. The Kier molecular flexibility index (Phi) is 3.54. The second-order valence-electron chi connectivity index (χ2n) is 4.52. The molecule has 0 spiro atoms. The summed E-state index contributed by atoms with van der Waals surface area (Å²) >= 11 is 6.20. The molecule has 0 saturated carbocycles. The van der Waals surface area contributed by atoms with Gasteiger partial charge in [0.05, 0.1) is 23.5 Å². The molecule has 2 aromatic carbocycles. The topological polar surface area (TPSA) is 53.1 Å². The third-order valence-corrected chi connectivity index (χ3v) is 3.52. The molecule has 106 valence electrons. The van der Waals surface area contributed by atoms with E-state index in [9.17, 15) is 0 Å². The summed E-state index contributed by atoms with van der Waals surface area (Å²) in [6.45, 7) is 0. The summed E-state index contributed by atoms with van der Waals surface area (Å²) in [4.78, 5) is 0. The van der Waals surface area contributed by atoms with Crippen LogP contribution in [0.3, 0.4) is 0 Å². The Bertz CT molecular complexity index is 783. The van der Waals surface area contributed by atoms with Crippen LogP contribution in [0.1, 0.15) is 0 Å². The van der Waals surface area contributed by atoms with Gasteiger partial charge in [0, 0.05) is 11.6 Å². The van der Waals surface area contributed by atoms with E-state index in [1.807, 2.05) is 42.5 Å². The van der Waals surface area contributed by atoms with Crippen LogP contribution in [0.25, 0.3) is 16.9 Å². The van der Waals surface area contributed by atoms with Crippen molar-refractivity contribution in [2.75, 3.05) is 12.8 Å². The maximum atomic E-state index is 6.20. The van der Waals surface area contributed by atoms with Crippen molar-refractivity contribution in [3.8, 4) is 22.7 Å². The largest absolute Gasteiger partial charge is 0.496 e. The van der Waals surface area contributed by atoms with Gasteiger partial charge >= 0.3 is 0 Å². The number of para-hydroxylation sites is 2. The van der Waals surface area contributed by atoms with Crippen LogP contribution in [0.5, 0.6) is 5.75 Å². The maximum Gasteiger partial charge on any atom is 0.128 e. The van der Waals surface area contributed by atoms with Gasteiger partial charge in [-0.25, -0.2) is 4.68 Å². The fourth-order valence-electron chi connectivity index (χ4n) is 2.20. The van der Waals surface area contributed by atoms with Gasteiger partial charge in [0.15, 0.2) is 0 Å². The molecule has 0 saturated heterocycles. The first-order valence-electron chi connectivity index (χ1n) is 6.44. The minimum absolute atomic E-state index is 0.518. The summed E-state index contributed by atoms with van der Waals surface area (Å²) in [5, 5.41) is 5.14. The molecule has 0 aliphatic carbocycles. The second kappa shape index (κ2) is 5.50. The van der Waals surface area contributed by atoms with E-state index in [2.05, 4.69) is 5.10 Å². The number of methoxy groups -OCH3 is 1. The van der Waals surface area contributed by atoms with Gasteiger partial charge < -0.3 is 10.5 Å². The van der Waals surface area contributed by atoms with E-state index in [-0.39, 0.29) is 0 Å². The zero-order valence-electron chi connectivity index (χ0n) is 11.5. The quantitative estimate of drug-likeness (QED) is 0.800. The number of anilines is 1. The molecular formula is C16H14ClN3O. The highest BCUT2D eigenvalue weighted by atomic mass is 35.5. The Morgan fingerprint density at radius 2 is 1.81 bits per heavy atom. The van der Waals surface area contributed by atoms with Crippen molar-refractivity contribution in [1.82, 2.24) is 9.78 Å². The standard InChI is InChI=1S/C16H14ClN3O/c1-21-15-9-5-2-6-11(15)13-10-16(18)20(19-13)14-8-4-3-7-12(14)17/h2-10H,18H2,1H3. The van der Waals surface area contributed by atoms with Crippen molar-refractivity contribution in [3.05, 3.63) is 59.6 Å². The highest BCUT2D eigenvalue weighted by Crippen LogP contribution is 2.31. The second-order valence-corrected chi connectivity index (χ2v) is 4.93. The van der Waals surface area contributed by atoms with E-state index >= 15 is 0 Å². The fraction of sp³-hybridized carbons (Fsp3) is 0.0625. The number of halogens is 1. The van der Waals surface area contributed by atoms with Crippen LogP contribution in [-0.4, -0.2) is 16.9 Å². The van der Waals surface area contributed by atoms with Crippen molar-refractivity contribution >= 4 is 17.4 Å². The minimum Gasteiger partial charge on any atom is -0.496 e. The van der Waals surface area contributed by atoms with Gasteiger partial charge in [-0.15, -0.1) is 0 Å². The first-order valence-corrected chi connectivity index (χ1v) is 6.82. The van der Waals surface area contributed by atoms with Gasteiger partial charge in [-0.1, -0.05) is 35.9 Å². The number of nitrogen functional groups attached to an aromatic ring is 1. The molecule has 5 heteroatoms. The predicted octanol–water partition coefficient (Wildman–Crippen LogP) is 3.78. The zero-order chi connectivity index (χ0) is 14.8. The molecule has 21 heavy (non-hydrogen) atoms. The molecule has 0 fully saturated rings. The number of rotatable bonds is 3. The number of nitrogens with zero attached hydrogens (tertiary/aromatic N) is 2. The molecule has 0 amide bonds. The molecule has 3 aromatic rings. The Hall–Kier alpha value is -2.46. The Morgan fingerprint density at radius 1 is 1.10 bits per heavy atom. The fourth-order valence-corrected chi connectivity index (χ4v) is 2.42. The van der Waals surface area contributed by atoms with Gasteiger partial charge in [0.25, 0.3) is 0 Å². The SMILES string of the molecule is COc1ccccc1-c1cc(N)n(-c2ccccc2Cl)n1. The summed E-state index contributed by atoms with van der Waals surface area (Å²) in [6.07, 6.45) is 0. The normalized spacial score (nSPS) is 10.6. The molecule has 3 rings (SSSR count). The molecule has 1 heterocycles. The van der Waals surface area contributed by atoms with Gasteiger partial charge in [-0.3, -0.25) is 0 Å². The Morgan fingerprint density at radius 3 is 2.57 bits per heavy atom. The van der Waals surface area contributed by atoms with Gasteiger partial charge in [-0.05, 0) is 24.3 Å². The van der Waals surface area contributed by atoms with E-state index < -0.39 is 0 Å². The first-order chi connectivity index (χ1) is 10.2. The van der Waals surface area contributed by atoms with E-state index in [1.54, 1.807) is 23.9 Å². The summed E-state index contributed by atoms with van der Waals surface area (Å²) in [5.74, 6) is 1.27. The zero-order valence-corrected chi connectivity index (χ0v) is 12.2. The predicted molar refractivity (Wildman–Crippen MR) is 85.0 cm³/mol. The Balaban J connectivity index is 2.12. The van der Waals surface area contributed by atoms with Crippen molar-refractivity contribution in [2.24, 2.45) is 0 Å². The van der Waals surface area contributed by atoms with E-state index in [1.165, 1.54) is 0 Å². The van der Waals surface area contributed by atoms with Gasteiger partial charge in [0.1, 0.15) is 11.6 Å². The first kappa shape index (κ1) is 13.5. The number of nitrogens with two attached hydrogens (primary N) is 1. The summed E-state index contributed by atoms with van der Waals surface area (Å²) in [7, 11) is 1.63. The highest BCUT2D eigenvalue weighted by Gasteiger charge is 2.13. The maximum absolute atomic E-state index is 6.20. The van der Waals surface area contributed by atoms with Crippen molar-refractivity contribution < 1.29 is 4.74 Å². The number of hydrogen-bond acceptors (Lipinski definition) is 3. The average molecular weight is 300 g/mol. The third kappa shape index (κ3) is 2.45. The molecule has 0 radical (unpaired) electrons. The van der Waals surface area contributed by atoms with Crippen LogP contribution in [-0.2, 0) is 0 Å². The van der Waals surface area contributed by atoms with E-state index in [0.29, 0.717) is 10.8 Å². The molecule has 0 atom stereocenters. The number of hydrogen-bond donors (Lipinski definition) is 1. The monoisotopic (exact) mass is 299 g/mol. The molecule has 0 bridgehead atoms.